The maximum Gasteiger partial charge on any atom is 0.258 e. The van der Waals surface area contributed by atoms with E-state index in [1.165, 1.54) is 5.56 Å². The molecule has 0 saturated heterocycles. The summed E-state index contributed by atoms with van der Waals surface area (Å²) in [6, 6.07) is 20.0. The summed E-state index contributed by atoms with van der Waals surface area (Å²) in [5, 5.41) is -1.14. The molecule has 0 aliphatic heterocycles. The van der Waals surface area contributed by atoms with Crippen LogP contribution < -0.4 is 0 Å². The minimum Gasteiger partial charge on any atom is -0.275 e. The maximum absolute atomic E-state index is 13.9. The van der Waals surface area contributed by atoms with Crippen molar-refractivity contribution in [3.05, 3.63) is 95.1 Å². The zero-order valence-electron chi connectivity index (χ0n) is 14.2. The standard InChI is InChI=1S/C22H17ClF2O/c1-14(16-5-3-2-4-6-16)11-15-7-9-17(10-8-15)18-12-19(24)21(22(23)26)20(25)13-18/h2-10,12-14H,11H2,1H3/t14-/m1/s1. The van der Waals surface area contributed by atoms with Crippen molar-refractivity contribution in [2.24, 2.45) is 0 Å². The van der Waals surface area contributed by atoms with E-state index in [9.17, 15) is 13.6 Å². The first-order valence-electron chi connectivity index (χ1n) is 8.29. The van der Waals surface area contributed by atoms with E-state index in [0.717, 1.165) is 24.1 Å². The van der Waals surface area contributed by atoms with Crippen LogP contribution in [0.25, 0.3) is 11.1 Å². The minimum absolute atomic E-state index is 0.365. The van der Waals surface area contributed by atoms with Crippen molar-refractivity contribution in [2.45, 2.75) is 19.3 Å². The minimum atomic E-state index is -1.14. The molecular weight excluding hydrogens is 354 g/mol. The molecule has 0 bridgehead atoms. The summed E-state index contributed by atoms with van der Waals surface area (Å²) >= 11 is 5.21. The fourth-order valence-electron chi connectivity index (χ4n) is 3.01. The van der Waals surface area contributed by atoms with Crippen molar-refractivity contribution >= 4 is 16.8 Å². The molecule has 3 aromatic carbocycles. The van der Waals surface area contributed by atoms with E-state index in [-0.39, 0.29) is 0 Å². The molecule has 3 rings (SSSR count). The number of carbonyl (C=O) groups is 1. The summed E-state index contributed by atoms with van der Waals surface area (Å²) in [5.41, 5.74) is 2.72. The topological polar surface area (TPSA) is 17.1 Å². The van der Waals surface area contributed by atoms with E-state index >= 15 is 0 Å². The average Bonchev–Trinajstić information content (AvgIpc) is 2.62. The third-order valence-electron chi connectivity index (χ3n) is 4.44. The van der Waals surface area contributed by atoms with Crippen LogP contribution in [0.15, 0.2) is 66.7 Å². The van der Waals surface area contributed by atoms with E-state index in [4.69, 9.17) is 11.6 Å². The molecule has 0 unspecified atom stereocenters. The number of hydrogen-bond donors (Lipinski definition) is 0. The first-order valence-corrected chi connectivity index (χ1v) is 8.66. The first-order chi connectivity index (χ1) is 12.5. The van der Waals surface area contributed by atoms with Gasteiger partial charge < -0.3 is 0 Å². The zero-order valence-corrected chi connectivity index (χ0v) is 14.9. The lowest BCUT2D eigenvalue weighted by atomic mass is 9.93. The molecular formula is C22H17ClF2O. The maximum atomic E-state index is 13.9. The van der Waals surface area contributed by atoms with Gasteiger partial charge in [-0.1, -0.05) is 61.5 Å². The highest BCUT2D eigenvalue weighted by Gasteiger charge is 2.17. The van der Waals surface area contributed by atoms with Crippen molar-refractivity contribution in [3.8, 4) is 11.1 Å². The second-order valence-electron chi connectivity index (χ2n) is 6.30. The predicted molar refractivity (Wildman–Crippen MR) is 101 cm³/mol. The molecule has 132 valence electrons. The van der Waals surface area contributed by atoms with Crippen LogP contribution in [0.4, 0.5) is 8.78 Å². The molecule has 0 N–H and O–H groups in total. The second kappa shape index (κ2) is 7.79. The van der Waals surface area contributed by atoms with Crippen LogP contribution in [0, 0.1) is 11.6 Å². The summed E-state index contributed by atoms with van der Waals surface area (Å²) in [5.74, 6) is -1.55. The monoisotopic (exact) mass is 370 g/mol. The Hall–Kier alpha value is -2.52. The molecule has 0 aliphatic carbocycles. The molecule has 26 heavy (non-hydrogen) atoms. The van der Waals surface area contributed by atoms with Crippen LogP contribution in [-0.4, -0.2) is 5.24 Å². The van der Waals surface area contributed by atoms with Crippen LogP contribution in [0.1, 0.15) is 34.3 Å². The van der Waals surface area contributed by atoms with Crippen LogP contribution in [0.3, 0.4) is 0 Å². The van der Waals surface area contributed by atoms with Crippen molar-refractivity contribution < 1.29 is 13.6 Å². The molecule has 1 nitrogen and oxygen atoms in total. The highest BCUT2D eigenvalue weighted by atomic mass is 35.5. The molecule has 3 aromatic rings. The Morgan fingerprint density at radius 2 is 1.50 bits per heavy atom. The fraction of sp³-hybridized carbons (Fsp3) is 0.136. The molecule has 0 saturated carbocycles. The zero-order chi connectivity index (χ0) is 18.7. The lowest BCUT2D eigenvalue weighted by Gasteiger charge is -2.12. The number of rotatable bonds is 5. The molecule has 0 spiro atoms. The van der Waals surface area contributed by atoms with Crippen LogP contribution in [0.5, 0.6) is 0 Å². The Balaban J connectivity index is 1.81. The van der Waals surface area contributed by atoms with Gasteiger partial charge in [-0.25, -0.2) is 8.78 Å². The molecule has 0 radical (unpaired) electrons. The second-order valence-corrected chi connectivity index (χ2v) is 6.64. The number of hydrogen-bond acceptors (Lipinski definition) is 1. The summed E-state index contributed by atoms with van der Waals surface area (Å²) in [6.07, 6.45) is 0.868. The third kappa shape index (κ3) is 4.00. The highest BCUT2D eigenvalue weighted by Crippen LogP contribution is 2.27. The van der Waals surface area contributed by atoms with E-state index in [2.05, 4.69) is 19.1 Å². The van der Waals surface area contributed by atoms with Gasteiger partial charge in [-0.3, -0.25) is 4.79 Å². The molecule has 4 heteroatoms. The highest BCUT2D eigenvalue weighted by molar-refractivity contribution is 6.67. The van der Waals surface area contributed by atoms with E-state index in [1.807, 2.05) is 42.5 Å². The Bertz CT molecular complexity index is 898. The van der Waals surface area contributed by atoms with Gasteiger partial charge in [0.2, 0.25) is 0 Å². The van der Waals surface area contributed by atoms with Gasteiger partial charge in [0.1, 0.15) is 17.2 Å². The lowest BCUT2D eigenvalue weighted by Crippen LogP contribution is -2.00. The van der Waals surface area contributed by atoms with Crippen molar-refractivity contribution in [3.63, 3.8) is 0 Å². The lowest BCUT2D eigenvalue weighted by molar-refractivity contribution is 0.107. The molecule has 0 amide bonds. The number of benzene rings is 3. The molecule has 1 atom stereocenters. The van der Waals surface area contributed by atoms with Gasteiger partial charge in [0.25, 0.3) is 5.24 Å². The fourth-order valence-corrected chi connectivity index (χ4v) is 3.19. The van der Waals surface area contributed by atoms with E-state index < -0.39 is 22.4 Å². The summed E-state index contributed by atoms with van der Waals surface area (Å²) in [7, 11) is 0. The average molecular weight is 371 g/mol. The van der Waals surface area contributed by atoms with Crippen molar-refractivity contribution in [1.82, 2.24) is 0 Å². The number of halogens is 3. The van der Waals surface area contributed by atoms with Crippen molar-refractivity contribution in [1.29, 1.82) is 0 Å². The van der Waals surface area contributed by atoms with Gasteiger partial charge >= 0.3 is 0 Å². The van der Waals surface area contributed by atoms with E-state index in [0.29, 0.717) is 17.0 Å². The van der Waals surface area contributed by atoms with Crippen LogP contribution >= 0.6 is 11.6 Å². The van der Waals surface area contributed by atoms with Gasteiger partial charge in [-0.15, -0.1) is 0 Å². The largest absolute Gasteiger partial charge is 0.275 e. The predicted octanol–water partition coefficient (Wildman–Crippen LogP) is 6.36. The van der Waals surface area contributed by atoms with Gasteiger partial charge in [0.05, 0.1) is 0 Å². The molecule has 0 fully saturated rings. The van der Waals surface area contributed by atoms with Gasteiger partial charge in [-0.2, -0.15) is 0 Å². The summed E-state index contributed by atoms with van der Waals surface area (Å²) in [4.78, 5) is 11.1. The molecule has 0 aromatic heterocycles. The van der Waals surface area contributed by atoms with Gasteiger partial charge in [0, 0.05) is 0 Å². The Kier molecular flexibility index (Phi) is 5.48. The van der Waals surface area contributed by atoms with Crippen LogP contribution in [-0.2, 0) is 6.42 Å². The van der Waals surface area contributed by atoms with Crippen LogP contribution in [0.2, 0.25) is 0 Å². The summed E-state index contributed by atoms with van der Waals surface area (Å²) < 4.78 is 27.9. The molecule has 0 heterocycles. The number of carbonyl (C=O) groups excluding carboxylic acids is 1. The first kappa shape index (κ1) is 18.3. The van der Waals surface area contributed by atoms with Crippen molar-refractivity contribution in [2.75, 3.05) is 0 Å². The SMILES string of the molecule is C[C@H](Cc1ccc(-c2cc(F)c(C(=O)Cl)c(F)c2)cc1)c1ccccc1. The third-order valence-corrected chi connectivity index (χ3v) is 4.63. The van der Waals surface area contributed by atoms with Gasteiger partial charge in [-0.05, 0) is 58.3 Å². The summed E-state index contributed by atoms with van der Waals surface area (Å²) in [6.45, 7) is 2.16. The normalized spacial score (nSPS) is 12.0. The molecule has 0 aliphatic rings. The smallest absolute Gasteiger partial charge is 0.258 e. The quantitative estimate of drug-likeness (QED) is 0.478. The van der Waals surface area contributed by atoms with E-state index in [1.54, 1.807) is 0 Å². The Morgan fingerprint density at radius 3 is 2.04 bits per heavy atom. The Morgan fingerprint density at radius 1 is 0.923 bits per heavy atom. The van der Waals surface area contributed by atoms with Gasteiger partial charge in [0.15, 0.2) is 0 Å². The Labute approximate surface area is 156 Å².